The molecular formula is C15H19NO3. The molecule has 1 rings (SSSR count). The molecule has 0 bridgehead atoms. The maximum Gasteiger partial charge on any atom is 0.338 e. The van der Waals surface area contributed by atoms with E-state index in [1.54, 1.807) is 37.9 Å². The molecule has 0 N–H and O–H groups in total. The van der Waals surface area contributed by atoms with Crippen molar-refractivity contribution in [2.24, 2.45) is 0 Å². The Morgan fingerprint density at radius 2 is 1.84 bits per heavy atom. The molecule has 0 aliphatic heterocycles. The lowest BCUT2D eigenvalue weighted by Gasteiger charge is -2.17. The van der Waals surface area contributed by atoms with E-state index in [1.165, 1.54) is 0 Å². The first kappa shape index (κ1) is 15.0. The quantitative estimate of drug-likeness (QED) is 0.604. The molecule has 0 aromatic heterocycles. The standard InChI is InChI=1S/C15H19NO3/c1-5-19-15(18)13-8-6-12(7-9-13)10-16(4)14(17)11(2)3/h6-9H,2,5,10H2,1,3-4H3. The highest BCUT2D eigenvalue weighted by molar-refractivity contribution is 5.92. The van der Waals surface area contributed by atoms with Crippen LogP contribution in [0.1, 0.15) is 29.8 Å². The van der Waals surface area contributed by atoms with Gasteiger partial charge in [-0.2, -0.15) is 0 Å². The Morgan fingerprint density at radius 1 is 1.26 bits per heavy atom. The zero-order valence-corrected chi connectivity index (χ0v) is 11.6. The summed E-state index contributed by atoms with van der Waals surface area (Å²) in [5.41, 5.74) is 1.97. The van der Waals surface area contributed by atoms with Crippen molar-refractivity contribution in [3.8, 4) is 0 Å². The fourth-order valence-corrected chi connectivity index (χ4v) is 1.63. The molecule has 0 aliphatic rings. The predicted molar refractivity (Wildman–Crippen MR) is 73.7 cm³/mol. The van der Waals surface area contributed by atoms with E-state index >= 15 is 0 Å². The van der Waals surface area contributed by atoms with Crippen LogP contribution in [0.5, 0.6) is 0 Å². The monoisotopic (exact) mass is 261 g/mol. The number of hydrogen-bond acceptors (Lipinski definition) is 3. The van der Waals surface area contributed by atoms with Crippen LogP contribution in [0.25, 0.3) is 0 Å². The maximum absolute atomic E-state index is 11.7. The van der Waals surface area contributed by atoms with Crippen molar-refractivity contribution in [2.75, 3.05) is 13.7 Å². The van der Waals surface area contributed by atoms with E-state index in [9.17, 15) is 9.59 Å². The molecule has 0 radical (unpaired) electrons. The van der Waals surface area contributed by atoms with Crippen LogP contribution < -0.4 is 0 Å². The van der Waals surface area contributed by atoms with Crippen molar-refractivity contribution < 1.29 is 14.3 Å². The fraction of sp³-hybridized carbons (Fsp3) is 0.333. The molecular weight excluding hydrogens is 242 g/mol. The van der Waals surface area contributed by atoms with Crippen molar-refractivity contribution in [1.82, 2.24) is 4.90 Å². The summed E-state index contributed by atoms with van der Waals surface area (Å²) in [5, 5.41) is 0. The van der Waals surface area contributed by atoms with Crippen LogP contribution in [0, 0.1) is 0 Å². The van der Waals surface area contributed by atoms with E-state index in [0.29, 0.717) is 24.3 Å². The van der Waals surface area contributed by atoms with E-state index in [-0.39, 0.29) is 11.9 Å². The minimum atomic E-state index is -0.333. The zero-order valence-electron chi connectivity index (χ0n) is 11.6. The highest BCUT2D eigenvalue weighted by Crippen LogP contribution is 2.09. The summed E-state index contributed by atoms with van der Waals surface area (Å²) in [6.45, 7) is 7.91. The summed E-state index contributed by atoms with van der Waals surface area (Å²) in [6, 6.07) is 7.03. The van der Waals surface area contributed by atoms with Crippen LogP contribution in [0.3, 0.4) is 0 Å². The summed E-state index contributed by atoms with van der Waals surface area (Å²) in [6.07, 6.45) is 0. The van der Waals surface area contributed by atoms with Gasteiger partial charge in [0.15, 0.2) is 0 Å². The molecule has 0 saturated heterocycles. The number of nitrogens with zero attached hydrogens (tertiary/aromatic N) is 1. The molecule has 102 valence electrons. The first-order valence-electron chi connectivity index (χ1n) is 6.12. The van der Waals surface area contributed by atoms with E-state index in [4.69, 9.17) is 4.74 Å². The number of carbonyl (C=O) groups is 2. The number of benzene rings is 1. The van der Waals surface area contributed by atoms with Crippen molar-refractivity contribution >= 4 is 11.9 Å². The van der Waals surface area contributed by atoms with E-state index in [2.05, 4.69) is 6.58 Å². The van der Waals surface area contributed by atoms with Crippen LogP contribution in [-0.2, 0) is 16.1 Å². The maximum atomic E-state index is 11.7. The highest BCUT2D eigenvalue weighted by Gasteiger charge is 2.10. The Labute approximate surface area is 113 Å². The molecule has 0 atom stereocenters. The van der Waals surface area contributed by atoms with Gasteiger partial charge >= 0.3 is 5.97 Å². The Hall–Kier alpha value is -2.10. The summed E-state index contributed by atoms with van der Waals surface area (Å²) in [7, 11) is 1.72. The van der Waals surface area contributed by atoms with Crippen molar-refractivity contribution in [3.63, 3.8) is 0 Å². The SMILES string of the molecule is C=C(C)C(=O)N(C)Cc1ccc(C(=O)OCC)cc1. The van der Waals surface area contributed by atoms with Gasteiger partial charge in [0.25, 0.3) is 0 Å². The predicted octanol–water partition coefficient (Wildman–Crippen LogP) is 2.40. The number of carbonyl (C=O) groups excluding carboxylic acids is 2. The first-order valence-corrected chi connectivity index (χ1v) is 6.12. The molecule has 0 heterocycles. The average Bonchev–Trinajstić information content (AvgIpc) is 2.38. The van der Waals surface area contributed by atoms with Crippen LogP contribution in [0.4, 0.5) is 0 Å². The molecule has 1 aromatic carbocycles. The Balaban J connectivity index is 2.69. The lowest BCUT2D eigenvalue weighted by Crippen LogP contribution is -2.26. The molecule has 0 saturated carbocycles. The van der Waals surface area contributed by atoms with Crippen molar-refractivity contribution in [1.29, 1.82) is 0 Å². The Morgan fingerprint density at radius 3 is 2.32 bits per heavy atom. The van der Waals surface area contributed by atoms with Crippen LogP contribution in [-0.4, -0.2) is 30.4 Å². The third kappa shape index (κ3) is 4.25. The summed E-state index contributed by atoms with van der Waals surface area (Å²) in [5.74, 6) is -0.421. The van der Waals surface area contributed by atoms with Gasteiger partial charge in [0.05, 0.1) is 12.2 Å². The van der Waals surface area contributed by atoms with Gasteiger partial charge in [0, 0.05) is 19.2 Å². The summed E-state index contributed by atoms with van der Waals surface area (Å²) < 4.78 is 4.90. The molecule has 0 aliphatic carbocycles. The second-order valence-corrected chi connectivity index (χ2v) is 4.36. The number of ether oxygens (including phenoxy) is 1. The van der Waals surface area contributed by atoms with Crippen molar-refractivity contribution in [2.45, 2.75) is 20.4 Å². The molecule has 4 heteroatoms. The van der Waals surface area contributed by atoms with Crippen LogP contribution >= 0.6 is 0 Å². The molecule has 19 heavy (non-hydrogen) atoms. The van der Waals surface area contributed by atoms with Gasteiger partial charge in [-0.15, -0.1) is 0 Å². The highest BCUT2D eigenvalue weighted by atomic mass is 16.5. The summed E-state index contributed by atoms with van der Waals surface area (Å²) >= 11 is 0. The Bertz CT molecular complexity index is 477. The second-order valence-electron chi connectivity index (χ2n) is 4.36. The van der Waals surface area contributed by atoms with E-state index < -0.39 is 0 Å². The van der Waals surface area contributed by atoms with E-state index in [0.717, 1.165) is 5.56 Å². The smallest absolute Gasteiger partial charge is 0.338 e. The third-order valence-electron chi connectivity index (χ3n) is 2.60. The molecule has 0 fully saturated rings. The molecule has 1 amide bonds. The normalized spacial score (nSPS) is 9.84. The van der Waals surface area contributed by atoms with Gasteiger partial charge in [-0.25, -0.2) is 4.79 Å². The minimum Gasteiger partial charge on any atom is -0.462 e. The largest absolute Gasteiger partial charge is 0.462 e. The number of esters is 1. The molecule has 1 aromatic rings. The number of likely N-dealkylation sites (N-methyl/N-ethyl adjacent to an activating group) is 1. The average molecular weight is 261 g/mol. The van der Waals surface area contributed by atoms with Gasteiger partial charge in [0.2, 0.25) is 5.91 Å². The van der Waals surface area contributed by atoms with Crippen LogP contribution in [0.15, 0.2) is 36.4 Å². The van der Waals surface area contributed by atoms with Gasteiger partial charge in [-0.1, -0.05) is 18.7 Å². The number of rotatable bonds is 5. The lowest BCUT2D eigenvalue weighted by atomic mass is 10.1. The second kappa shape index (κ2) is 6.73. The lowest BCUT2D eigenvalue weighted by molar-refractivity contribution is -0.126. The fourth-order valence-electron chi connectivity index (χ4n) is 1.63. The Kier molecular flexibility index (Phi) is 5.30. The molecule has 0 unspecified atom stereocenters. The van der Waals surface area contributed by atoms with Crippen molar-refractivity contribution in [3.05, 3.63) is 47.5 Å². The third-order valence-corrected chi connectivity index (χ3v) is 2.60. The van der Waals surface area contributed by atoms with E-state index in [1.807, 2.05) is 12.1 Å². The minimum absolute atomic E-state index is 0.0885. The summed E-state index contributed by atoms with van der Waals surface area (Å²) in [4.78, 5) is 24.7. The number of amides is 1. The first-order chi connectivity index (χ1) is 8.95. The molecule has 4 nitrogen and oxygen atoms in total. The zero-order chi connectivity index (χ0) is 14.4. The number of hydrogen-bond donors (Lipinski definition) is 0. The topological polar surface area (TPSA) is 46.6 Å². The molecule has 0 spiro atoms. The van der Waals surface area contributed by atoms with Gasteiger partial charge in [-0.05, 0) is 31.5 Å². The van der Waals surface area contributed by atoms with Gasteiger partial charge < -0.3 is 9.64 Å². The van der Waals surface area contributed by atoms with Gasteiger partial charge in [-0.3, -0.25) is 4.79 Å². The van der Waals surface area contributed by atoms with Crippen LogP contribution in [0.2, 0.25) is 0 Å². The van der Waals surface area contributed by atoms with Gasteiger partial charge in [0.1, 0.15) is 0 Å².